The molecule has 0 radical (unpaired) electrons. The van der Waals surface area contributed by atoms with Crippen LogP contribution in [0.15, 0.2) is 0 Å². The third-order valence-electron chi connectivity index (χ3n) is 1.35. The van der Waals surface area contributed by atoms with Crippen molar-refractivity contribution < 1.29 is 48.7 Å². The molecular formula is C7H17NaO4S. The van der Waals surface area contributed by atoms with E-state index in [1.807, 2.05) is 6.92 Å². The SMILES string of the molecule is CCCCCS(=O)(=O)OCCO.[H-].[Na+]. The van der Waals surface area contributed by atoms with E-state index in [0.29, 0.717) is 6.42 Å². The smallest absolute Gasteiger partial charge is 1.00 e. The Bertz CT molecular complexity index is 196. The monoisotopic (exact) mass is 220 g/mol. The van der Waals surface area contributed by atoms with E-state index in [0.717, 1.165) is 12.8 Å². The quantitative estimate of drug-likeness (QED) is 0.296. The molecule has 0 saturated carbocycles. The van der Waals surface area contributed by atoms with E-state index in [1.165, 1.54) is 0 Å². The molecule has 0 spiro atoms. The summed E-state index contributed by atoms with van der Waals surface area (Å²) in [5.41, 5.74) is 0. The predicted octanol–water partition coefficient (Wildman–Crippen LogP) is -2.37. The van der Waals surface area contributed by atoms with Crippen molar-refractivity contribution in [1.82, 2.24) is 0 Å². The molecule has 0 aliphatic heterocycles. The molecule has 0 heterocycles. The molecule has 6 heteroatoms. The van der Waals surface area contributed by atoms with Crippen LogP contribution in [0.4, 0.5) is 0 Å². The fraction of sp³-hybridized carbons (Fsp3) is 1.00. The van der Waals surface area contributed by atoms with Crippen molar-refractivity contribution in [1.29, 1.82) is 0 Å². The van der Waals surface area contributed by atoms with Gasteiger partial charge in [0.2, 0.25) is 0 Å². The topological polar surface area (TPSA) is 63.6 Å². The molecule has 0 saturated heterocycles. The second kappa shape index (κ2) is 9.43. The number of aliphatic hydroxyl groups is 1. The Morgan fingerprint density at radius 2 is 2.00 bits per heavy atom. The normalized spacial score (nSPS) is 10.9. The summed E-state index contributed by atoms with van der Waals surface area (Å²) in [7, 11) is -3.38. The molecule has 0 bridgehead atoms. The van der Waals surface area contributed by atoms with Gasteiger partial charge in [-0.2, -0.15) is 8.42 Å². The number of hydrogen-bond donors (Lipinski definition) is 1. The van der Waals surface area contributed by atoms with Gasteiger partial charge in [-0.05, 0) is 6.42 Å². The van der Waals surface area contributed by atoms with Gasteiger partial charge >= 0.3 is 29.6 Å². The Labute approximate surface area is 104 Å². The summed E-state index contributed by atoms with van der Waals surface area (Å²) >= 11 is 0. The van der Waals surface area contributed by atoms with E-state index in [4.69, 9.17) is 5.11 Å². The number of aliphatic hydroxyl groups excluding tert-OH is 1. The van der Waals surface area contributed by atoms with Crippen LogP contribution in [-0.4, -0.2) is 32.5 Å². The van der Waals surface area contributed by atoms with Gasteiger partial charge < -0.3 is 6.53 Å². The summed E-state index contributed by atoms with van der Waals surface area (Å²) in [5, 5.41) is 8.31. The fourth-order valence-corrected chi connectivity index (χ4v) is 1.76. The van der Waals surface area contributed by atoms with Gasteiger partial charge in [0.1, 0.15) is 0 Å². The van der Waals surface area contributed by atoms with Crippen molar-refractivity contribution in [2.24, 2.45) is 0 Å². The van der Waals surface area contributed by atoms with Gasteiger partial charge in [-0.15, -0.1) is 0 Å². The summed E-state index contributed by atoms with van der Waals surface area (Å²) in [4.78, 5) is 0. The second-order valence-electron chi connectivity index (χ2n) is 2.51. The van der Waals surface area contributed by atoms with Crippen LogP contribution in [0.1, 0.15) is 27.6 Å². The third-order valence-corrected chi connectivity index (χ3v) is 2.67. The van der Waals surface area contributed by atoms with Gasteiger partial charge in [0.25, 0.3) is 10.1 Å². The molecule has 0 amide bonds. The van der Waals surface area contributed by atoms with Gasteiger partial charge in [-0.1, -0.05) is 19.8 Å². The van der Waals surface area contributed by atoms with Crippen LogP contribution in [-0.2, 0) is 14.3 Å². The first kappa shape index (κ1) is 16.3. The van der Waals surface area contributed by atoms with E-state index in [2.05, 4.69) is 4.18 Å². The standard InChI is InChI=1S/C7H16O4S.Na.H/c1-2-3-4-7-12(9,10)11-6-5-8;;/h8H,2-7H2,1H3;;/q;+1;-1. The number of hydrogen-bond acceptors (Lipinski definition) is 4. The van der Waals surface area contributed by atoms with Gasteiger partial charge in [-0.3, -0.25) is 4.18 Å². The van der Waals surface area contributed by atoms with Crippen molar-refractivity contribution in [3.05, 3.63) is 0 Å². The maximum Gasteiger partial charge on any atom is 1.00 e. The maximum atomic E-state index is 10.9. The van der Waals surface area contributed by atoms with E-state index >= 15 is 0 Å². The largest absolute Gasteiger partial charge is 1.00 e. The van der Waals surface area contributed by atoms with Gasteiger partial charge in [0, 0.05) is 0 Å². The van der Waals surface area contributed by atoms with E-state index < -0.39 is 10.1 Å². The fourth-order valence-electron chi connectivity index (χ4n) is 0.752. The predicted molar refractivity (Wildman–Crippen MR) is 47.5 cm³/mol. The molecule has 0 unspecified atom stereocenters. The zero-order chi connectivity index (χ0) is 9.45. The first-order chi connectivity index (χ1) is 5.62. The Kier molecular flexibility index (Phi) is 11.8. The summed E-state index contributed by atoms with van der Waals surface area (Å²) in [6, 6.07) is 0. The molecule has 0 aromatic carbocycles. The van der Waals surface area contributed by atoms with Crippen molar-refractivity contribution in [3.8, 4) is 0 Å². The average molecular weight is 220 g/mol. The molecule has 0 rings (SSSR count). The molecule has 0 fully saturated rings. The first-order valence-corrected chi connectivity index (χ1v) is 5.68. The molecule has 13 heavy (non-hydrogen) atoms. The molecule has 4 nitrogen and oxygen atoms in total. The van der Waals surface area contributed by atoms with Crippen LogP contribution in [0.5, 0.6) is 0 Å². The molecular weight excluding hydrogens is 203 g/mol. The Balaban J connectivity index is -0.000000605. The van der Waals surface area contributed by atoms with Crippen molar-refractivity contribution >= 4 is 10.1 Å². The van der Waals surface area contributed by atoms with Gasteiger partial charge in [0.15, 0.2) is 0 Å². The molecule has 76 valence electrons. The summed E-state index contributed by atoms with van der Waals surface area (Å²) < 4.78 is 26.3. The van der Waals surface area contributed by atoms with Crippen molar-refractivity contribution in [2.75, 3.05) is 19.0 Å². The van der Waals surface area contributed by atoms with Crippen LogP contribution in [0.25, 0.3) is 0 Å². The molecule has 0 aliphatic carbocycles. The second-order valence-corrected chi connectivity index (χ2v) is 4.27. The number of rotatable bonds is 7. The maximum absolute atomic E-state index is 10.9. The molecule has 0 atom stereocenters. The minimum atomic E-state index is -3.38. The Morgan fingerprint density at radius 1 is 1.38 bits per heavy atom. The van der Waals surface area contributed by atoms with Gasteiger partial charge in [0.05, 0.1) is 19.0 Å². The van der Waals surface area contributed by atoms with E-state index in [-0.39, 0.29) is 50.0 Å². The van der Waals surface area contributed by atoms with Crippen molar-refractivity contribution in [3.63, 3.8) is 0 Å². The summed E-state index contributed by atoms with van der Waals surface area (Å²) in [6.45, 7) is 1.61. The zero-order valence-electron chi connectivity index (χ0n) is 9.32. The van der Waals surface area contributed by atoms with Crippen molar-refractivity contribution in [2.45, 2.75) is 26.2 Å². The zero-order valence-corrected chi connectivity index (χ0v) is 11.1. The summed E-state index contributed by atoms with van der Waals surface area (Å²) in [5.74, 6) is 0.0564. The van der Waals surface area contributed by atoms with Crippen LogP contribution in [0.2, 0.25) is 0 Å². The Hall–Kier alpha value is 0.870. The minimum Gasteiger partial charge on any atom is -1.00 e. The number of unbranched alkanes of at least 4 members (excludes halogenated alkanes) is 2. The molecule has 0 aliphatic rings. The van der Waals surface area contributed by atoms with Crippen LogP contribution < -0.4 is 29.6 Å². The molecule has 0 aromatic rings. The molecule has 1 N–H and O–H groups in total. The average Bonchev–Trinajstić information content (AvgIpc) is 2.01. The van der Waals surface area contributed by atoms with E-state index in [1.54, 1.807) is 0 Å². The van der Waals surface area contributed by atoms with Crippen LogP contribution >= 0.6 is 0 Å². The van der Waals surface area contributed by atoms with Crippen LogP contribution in [0.3, 0.4) is 0 Å². The van der Waals surface area contributed by atoms with Crippen LogP contribution in [0, 0.1) is 0 Å². The third kappa shape index (κ3) is 10.8. The van der Waals surface area contributed by atoms with Gasteiger partial charge in [-0.25, -0.2) is 0 Å². The first-order valence-electron chi connectivity index (χ1n) is 4.10. The Morgan fingerprint density at radius 3 is 2.46 bits per heavy atom. The van der Waals surface area contributed by atoms with E-state index in [9.17, 15) is 8.42 Å². The minimum absolute atomic E-state index is 0. The summed E-state index contributed by atoms with van der Waals surface area (Å²) in [6.07, 6.45) is 2.50. The molecule has 0 aromatic heterocycles.